The summed E-state index contributed by atoms with van der Waals surface area (Å²) in [6, 6.07) is 45.4. The van der Waals surface area contributed by atoms with Gasteiger partial charge >= 0.3 is 0 Å². The monoisotopic (exact) mass is 512 g/mol. The number of benzene rings is 5. The fourth-order valence-electron chi connectivity index (χ4n) is 5.03. The highest BCUT2D eigenvalue weighted by atomic mass is 35.5. The molecule has 0 saturated heterocycles. The van der Waals surface area contributed by atoms with Gasteiger partial charge in [-0.3, -0.25) is 0 Å². The van der Waals surface area contributed by atoms with E-state index in [0.717, 1.165) is 5.02 Å². The molecule has 0 spiro atoms. The van der Waals surface area contributed by atoms with E-state index in [4.69, 9.17) is 23.4 Å². The van der Waals surface area contributed by atoms with E-state index in [1.807, 2.05) is 6.07 Å². The van der Waals surface area contributed by atoms with Gasteiger partial charge in [-0.05, 0) is 47.8 Å². The molecule has 0 N–H and O–H groups in total. The van der Waals surface area contributed by atoms with Crippen molar-refractivity contribution in [3.8, 4) is 0 Å². The Kier molecular flexibility index (Phi) is 5.51. The molecular weight excluding hydrogens is 491 g/mol. The molecule has 5 aromatic carbocycles. The highest BCUT2D eigenvalue weighted by molar-refractivity contribution is 8.36. The summed E-state index contributed by atoms with van der Waals surface area (Å²) in [6.45, 7) is 0. The van der Waals surface area contributed by atoms with E-state index in [2.05, 4.69) is 127 Å². The van der Waals surface area contributed by atoms with Gasteiger partial charge in [0.25, 0.3) is 0 Å². The normalized spacial score (nSPS) is 19.0. The Labute approximate surface area is 212 Å². The maximum atomic E-state index is 6.76. The fourth-order valence-corrected chi connectivity index (χ4v) is 15.3. The number of rotatable bonds is 3. The standard InChI is InChI=1S/C30H22ClPS2/c31-23-20-21-28-30(22-23)34(25-14-6-2-7-15-25,26-16-8-3-9-17-26)29-19-11-10-18-27(29)32(28,33)24-12-4-1-5-13-24/h1-22H. The molecule has 0 saturated carbocycles. The lowest BCUT2D eigenvalue weighted by atomic mass is 10.3. The van der Waals surface area contributed by atoms with Gasteiger partial charge in [0, 0.05) is 41.3 Å². The first-order chi connectivity index (χ1) is 16.7. The second kappa shape index (κ2) is 8.56. The van der Waals surface area contributed by atoms with Crippen LogP contribution in [0.2, 0.25) is 5.02 Å². The van der Waals surface area contributed by atoms with E-state index < -0.39 is 16.1 Å². The highest BCUT2D eigenvalue weighted by Crippen LogP contribution is 2.77. The minimum atomic E-state index is -2.29. The summed E-state index contributed by atoms with van der Waals surface area (Å²) in [4.78, 5) is 5.19. The van der Waals surface area contributed by atoms with Crippen molar-refractivity contribution in [3.63, 3.8) is 0 Å². The molecule has 0 bridgehead atoms. The first kappa shape index (κ1) is 21.9. The van der Waals surface area contributed by atoms with E-state index in [-0.39, 0.29) is 0 Å². The van der Waals surface area contributed by atoms with Crippen LogP contribution in [0.25, 0.3) is 0 Å². The van der Waals surface area contributed by atoms with Gasteiger partial charge in [0.15, 0.2) is 0 Å². The van der Waals surface area contributed by atoms with Gasteiger partial charge < -0.3 is 0 Å². The summed E-state index contributed by atoms with van der Waals surface area (Å²) < 4.78 is 0. The maximum absolute atomic E-state index is 6.76. The summed E-state index contributed by atoms with van der Waals surface area (Å²) in [6.07, 6.45) is 0. The predicted molar refractivity (Wildman–Crippen MR) is 151 cm³/mol. The van der Waals surface area contributed by atoms with E-state index in [9.17, 15) is 0 Å². The molecule has 4 heteroatoms. The van der Waals surface area contributed by atoms with E-state index in [1.165, 1.54) is 35.5 Å². The first-order valence-corrected chi connectivity index (χ1v) is 16.0. The number of hydrogen-bond acceptors (Lipinski definition) is 1. The fraction of sp³-hybridized carbons (Fsp3) is 0. The molecule has 1 atom stereocenters. The van der Waals surface area contributed by atoms with Gasteiger partial charge in [-0.1, -0.05) is 114 Å². The predicted octanol–water partition coefficient (Wildman–Crippen LogP) is 7.75. The summed E-state index contributed by atoms with van der Waals surface area (Å²) in [5.74, 6) is 0. The molecule has 1 aliphatic heterocycles. The topological polar surface area (TPSA) is 0 Å². The smallest absolute Gasteiger partial charge is 0.0417 e. The Hall–Kier alpha value is -2.61. The molecule has 0 fully saturated rings. The van der Waals surface area contributed by atoms with Crippen molar-refractivity contribution in [3.05, 3.63) is 138 Å². The van der Waals surface area contributed by atoms with Crippen molar-refractivity contribution in [2.24, 2.45) is 0 Å². The molecule has 34 heavy (non-hydrogen) atoms. The first-order valence-electron chi connectivity index (χ1n) is 11.2. The lowest BCUT2D eigenvalue weighted by Gasteiger charge is -2.50. The second-order valence-electron chi connectivity index (χ2n) is 8.26. The van der Waals surface area contributed by atoms with Crippen molar-refractivity contribution in [1.82, 2.24) is 0 Å². The molecule has 1 aliphatic rings. The van der Waals surface area contributed by atoms with Gasteiger partial charge in [-0.25, -0.2) is 0 Å². The van der Waals surface area contributed by atoms with Crippen LogP contribution in [0.3, 0.4) is 0 Å². The largest absolute Gasteiger partial charge is 0.131 e. The zero-order chi connectivity index (χ0) is 23.2. The van der Waals surface area contributed by atoms with E-state index >= 15 is 0 Å². The van der Waals surface area contributed by atoms with E-state index in [1.54, 1.807) is 0 Å². The molecule has 0 amide bonds. The summed E-state index contributed by atoms with van der Waals surface area (Å²) in [5.41, 5.74) is 0. The van der Waals surface area contributed by atoms with Crippen molar-refractivity contribution < 1.29 is 0 Å². The molecular formula is C30H22ClPS2. The van der Waals surface area contributed by atoms with Crippen LogP contribution in [0, 0.1) is 0 Å². The minimum absolute atomic E-state index is 0.747. The van der Waals surface area contributed by atoms with Crippen LogP contribution in [-0.2, 0) is 11.8 Å². The van der Waals surface area contributed by atoms with Crippen LogP contribution in [0.5, 0.6) is 0 Å². The third-order valence-electron chi connectivity index (χ3n) is 6.44. The zero-order valence-corrected chi connectivity index (χ0v) is 21.6. The average molecular weight is 513 g/mol. The Morgan fingerprint density at radius 2 is 1.03 bits per heavy atom. The third kappa shape index (κ3) is 3.10. The quantitative estimate of drug-likeness (QED) is 0.218. The Bertz CT molecular complexity index is 1490. The van der Waals surface area contributed by atoms with Crippen molar-refractivity contribution in [1.29, 1.82) is 0 Å². The van der Waals surface area contributed by atoms with Crippen LogP contribution in [0.4, 0.5) is 0 Å². The molecule has 6 rings (SSSR count). The number of fused-ring (bicyclic) bond motifs is 2. The second-order valence-corrected chi connectivity index (χ2v) is 16.1. The van der Waals surface area contributed by atoms with Crippen LogP contribution in [0.15, 0.2) is 153 Å². The molecule has 0 aromatic heterocycles. The maximum Gasteiger partial charge on any atom is 0.0417 e. The van der Waals surface area contributed by atoms with Crippen LogP contribution in [0.1, 0.15) is 0 Å². The molecule has 1 unspecified atom stereocenters. The van der Waals surface area contributed by atoms with Gasteiger partial charge in [-0.15, -0.1) is 10.0 Å². The van der Waals surface area contributed by atoms with Crippen molar-refractivity contribution in [2.45, 2.75) is 19.6 Å². The SMILES string of the molecule is S=P1(c2ccccc2)c2ccccc2S(c2ccccc2)(c2ccccc2)c2cc(Cl)ccc21. The van der Waals surface area contributed by atoms with Gasteiger partial charge in [0.1, 0.15) is 0 Å². The van der Waals surface area contributed by atoms with Crippen LogP contribution >= 0.6 is 27.7 Å². The zero-order valence-electron chi connectivity index (χ0n) is 18.3. The third-order valence-corrected chi connectivity index (χ3v) is 15.9. The summed E-state index contributed by atoms with van der Waals surface area (Å²) >= 11 is 13.5. The van der Waals surface area contributed by atoms with Gasteiger partial charge in [-0.2, -0.15) is 0 Å². The lowest BCUT2D eigenvalue weighted by Crippen LogP contribution is -2.35. The molecule has 0 radical (unpaired) electrons. The highest BCUT2D eigenvalue weighted by Gasteiger charge is 2.46. The number of hydrogen-bond donors (Lipinski definition) is 0. The summed E-state index contributed by atoms with van der Waals surface area (Å²) in [7, 11) is -1.80. The molecule has 1 heterocycles. The minimum Gasteiger partial charge on any atom is -0.131 e. The van der Waals surface area contributed by atoms with Crippen molar-refractivity contribution in [2.75, 3.05) is 0 Å². The Morgan fingerprint density at radius 3 is 1.65 bits per heavy atom. The number of halogens is 1. The lowest BCUT2D eigenvalue weighted by molar-refractivity contribution is 1.26. The van der Waals surface area contributed by atoms with Gasteiger partial charge in [0.2, 0.25) is 0 Å². The Morgan fingerprint density at radius 1 is 0.529 bits per heavy atom. The van der Waals surface area contributed by atoms with Gasteiger partial charge in [0.05, 0.1) is 0 Å². The average Bonchev–Trinajstić information content (AvgIpc) is 2.91. The van der Waals surface area contributed by atoms with Crippen molar-refractivity contribution >= 4 is 55.4 Å². The van der Waals surface area contributed by atoms with Crippen LogP contribution < -0.4 is 15.9 Å². The Balaban J connectivity index is 1.85. The molecule has 166 valence electrons. The molecule has 5 aromatic rings. The molecule has 0 nitrogen and oxygen atoms in total. The molecule has 0 aliphatic carbocycles. The summed E-state index contributed by atoms with van der Waals surface area (Å²) in [5, 5.41) is 4.50. The van der Waals surface area contributed by atoms with Crippen LogP contribution in [-0.4, -0.2) is 0 Å². The van der Waals surface area contributed by atoms with E-state index in [0.29, 0.717) is 0 Å².